The minimum absolute atomic E-state index is 0.292. The summed E-state index contributed by atoms with van der Waals surface area (Å²) in [5.74, 6) is 0.105. The molecule has 2 aromatic heterocycles. The fourth-order valence-corrected chi connectivity index (χ4v) is 1.60. The summed E-state index contributed by atoms with van der Waals surface area (Å²) in [5, 5.41) is 0. The van der Waals surface area contributed by atoms with Gasteiger partial charge in [-0.05, 0) is 19.9 Å². The number of nitrogens with zero attached hydrogens (tertiary/aromatic N) is 3. The summed E-state index contributed by atoms with van der Waals surface area (Å²) in [6, 6.07) is 1.59. The Morgan fingerprint density at radius 1 is 1.39 bits per heavy atom. The summed E-state index contributed by atoms with van der Waals surface area (Å²) in [6.45, 7) is 3.84. The molecule has 0 amide bonds. The third kappa shape index (κ3) is 1.92. The maximum atomic E-state index is 11.6. The molecular weight excluding hydrogens is 232 g/mol. The van der Waals surface area contributed by atoms with Gasteiger partial charge in [0.25, 0.3) is 0 Å². The molecule has 0 unspecified atom stereocenters. The van der Waals surface area contributed by atoms with Crippen molar-refractivity contribution in [2.24, 2.45) is 0 Å². The molecule has 0 aliphatic rings. The van der Waals surface area contributed by atoms with Crippen molar-refractivity contribution in [3.05, 3.63) is 35.5 Å². The normalized spacial score (nSPS) is 10.4. The Morgan fingerprint density at radius 3 is 2.67 bits per heavy atom. The Morgan fingerprint density at radius 2 is 2.11 bits per heavy atom. The van der Waals surface area contributed by atoms with Crippen LogP contribution < -0.4 is 5.73 Å². The number of carbonyl (C=O) groups is 1. The molecular formula is C12H14N4O2. The van der Waals surface area contributed by atoms with Crippen LogP contribution >= 0.6 is 0 Å². The maximum absolute atomic E-state index is 11.6. The van der Waals surface area contributed by atoms with Crippen molar-refractivity contribution in [2.45, 2.75) is 13.8 Å². The first kappa shape index (κ1) is 12.1. The Bertz CT molecular complexity index is 604. The minimum atomic E-state index is -0.481. The number of methoxy groups -OCH3 is 1. The van der Waals surface area contributed by atoms with Gasteiger partial charge >= 0.3 is 5.97 Å². The lowest BCUT2D eigenvalue weighted by molar-refractivity contribution is 0.0602. The van der Waals surface area contributed by atoms with Gasteiger partial charge in [0.05, 0.1) is 30.3 Å². The van der Waals surface area contributed by atoms with Crippen LogP contribution in [0.2, 0.25) is 0 Å². The molecule has 0 spiro atoms. The summed E-state index contributed by atoms with van der Waals surface area (Å²) in [7, 11) is 1.31. The van der Waals surface area contributed by atoms with E-state index in [1.165, 1.54) is 13.3 Å². The largest absolute Gasteiger partial charge is 0.465 e. The summed E-state index contributed by atoms with van der Waals surface area (Å²) >= 11 is 0. The van der Waals surface area contributed by atoms with Crippen LogP contribution in [0.1, 0.15) is 21.7 Å². The molecule has 0 saturated carbocycles. The summed E-state index contributed by atoms with van der Waals surface area (Å²) < 4.78 is 6.46. The molecule has 0 aliphatic heterocycles. The summed E-state index contributed by atoms with van der Waals surface area (Å²) in [4.78, 5) is 19.9. The lowest BCUT2D eigenvalue weighted by atomic mass is 10.2. The van der Waals surface area contributed by atoms with Crippen LogP contribution in [0.5, 0.6) is 0 Å². The monoisotopic (exact) mass is 246 g/mol. The number of carbonyl (C=O) groups excluding carboxylic acids is 1. The second kappa shape index (κ2) is 4.48. The zero-order chi connectivity index (χ0) is 13.3. The van der Waals surface area contributed by atoms with E-state index in [0.717, 1.165) is 11.4 Å². The predicted octanol–water partition coefficient (Wildman–Crippen LogP) is 1.25. The first-order chi connectivity index (χ1) is 8.54. The number of esters is 1. The van der Waals surface area contributed by atoms with Gasteiger partial charge in [0, 0.05) is 5.69 Å². The van der Waals surface area contributed by atoms with Gasteiger partial charge in [-0.2, -0.15) is 0 Å². The molecule has 2 heterocycles. The smallest absolute Gasteiger partial charge is 0.340 e. The number of ether oxygens (including phenoxy) is 1. The zero-order valence-corrected chi connectivity index (χ0v) is 10.5. The SMILES string of the molecule is COC(=O)c1cc(-n2cnc(C)c2C)ncc1N. The van der Waals surface area contributed by atoms with E-state index >= 15 is 0 Å². The second-order valence-electron chi connectivity index (χ2n) is 3.91. The van der Waals surface area contributed by atoms with Crippen molar-refractivity contribution >= 4 is 11.7 Å². The van der Waals surface area contributed by atoms with Gasteiger partial charge in [0.1, 0.15) is 12.1 Å². The lowest BCUT2D eigenvalue weighted by Gasteiger charge is -2.08. The van der Waals surface area contributed by atoms with Gasteiger partial charge in [-0.1, -0.05) is 0 Å². The number of nitrogen functional groups attached to an aromatic ring is 1. The first-order valence-electron chi connectivity index (χ1n) is 5.39. The van der Waals surface area contributed by atoms with Crippen LogP contribution in [0.4, 0.5) is 5.69 Å². The molecule has 6 nitrogen and oxygen atoms in total. The summed E-state index contributed by atoms with van der Waals surface area (Å²) in [6.07, 6.45) is 3.10. The Hall–Kier alpha value is -2.37. The van der Waals surface area contributed by atoms with E-state index in [2.05, 4.69) is 14.7 Å². The Kier molecular flexibility index (Phi) is 3.01. The van der Waals surface area contributed by atoms with Gasteiger partial charge in [0.2, 0.25) is 0 Å². The highest BCUT2D eigenvalue weighted by Crippen LogP contribution is 2.17. The second-order valence-corrected chi connectivity index (χ2v) is 3.91. The molecule has 0 saturated heterocycles. The number of nitrogens with two attached hydrogens (primary N) is 1. The van der Waals surface area contributed by atoms with Crippen molar-refractivity contribution in [3.8, 4) is 5.82 Å². The standard InChI is InChI=1S/C12H14N4O2/c1-7-8(2)16(6-15-7)11-4-9(12(17)18-3)10(13)5-14-11/h4-6H,13H2,1-3H3. The van der Waals surface area contributed by atoms with Crippen LogP contribution in [0.3, 0.4) is 0 Å². The number of aromatic nitrogens is 3. The van der Waals surface area contributed by atoms with Crippen LogP contribution in [0, 0.1) is 13.8 Å². The molecule has 0 atom stereocenters. The van der Waals surface area contributed by atoms with Crippen LogP contribution in [-0.4, -0.2) is 27.6 Å². The number of anilines is 1. The third-order valence-corrected chi connectivity index (χ3v) is 2.82. The quantitative estimate of drug-likeness (QED) is 0.806. The van der Waals surface area contributed by atoms with Gasteiger partial charge in [-0.25, -0.2) is 14.8 Å². The first-order valence-corrected chi connectivity index (χ1v) is 5.39. The lowest BCUT2D eigenvalue weighted by Crippen LogP contribution is -2.09. The average Bonchev–Trinajstić information content (AvgIpc) is 2.70. The zero-order valence-electron chi connectivity index (χ0n) is 10.5. The topological polar surface area (TPSA) is 83.0 Å². The highest BCUT2D eigenvalue weighted by atomic mass is 16.5. The Balaban J connectivity index is 2.54. The number of rotatable bonds is 2. The van der Waals surface area contributed by atoms with Crippen molar-refractivity contribution in [1.29, 1.82) is 0 Å². The third-order valence-electron chi connectivity index (χ3n) is 2.82. The molecule has 6 heteroatoms. The highest BCUT2D eigenvalue weighted by Gasteiger charge is 2.13. The molecule has 0 aliphatic carbocycles. The average molecular weight is 246 g/mol. The number of hydrogen-bond donors (Lipinski definition) is 1. The van der Waals surface area contributed by atoms with Gasteiger partial charge < -0.3 is 10.5 Å². The van der Waals surface area contributed by atoms with Crippen LogP contribution in [0.15, 0.2) is 18.6 Å². The van der Waals surface area contributed by atoms with Crippen LogP contribution in [-0.2, 0) is 4.74 Å². The number of pyridine rings is 1. The van der Waals surface area contributed by atoms with E-state index < -0.39 is 5.97 Å². The minimum Gasteiger partial charge on any atom is -0.465 e. The molecule has 94 valence electrons. The van der Waals surface area contributed by atoms with Crippen molar-refractivity contribution in [3.63, 3.8) is 0 Å². The van der Waals surface area contributed by atoms with Gasteiger partial charge in [0.15, 0.2) is 0 Å². The van der Waals surface area contributed by atoms with E-state index in [-0.39, 0.29) is 0 Å². The molecule has 0 radical (unpaired) electrons. The fourth-order valence-electron chi connectivity index (χ4n) is 1.60. The van der Waals surface area contributed by atoms with Gasteiger partial charge in [-0.3, -0.25) is 4.57 Å². The van der Waals surface area contributed by atoms with E-state index in [1.54, 1.807) is 17.0 Å². The predicted molar refractivity (Wildman–Crippen MR) is 66.6 cm³/mol. The summed E-state index contributed by atoms with van der Waals surface area (Å²) in [5.41, 5.74) is 8.16. The van der Waals surface area contributed by atoms with Crippen molar-refractivity contribution < 1.29 is 9.53 Å². The Labute approximate surface area is 104 Å². The van der Waals surface area contributed by atoms with E-state index in [1.807, 2.05) is 13.8 Å². The molecule has 0 aromatic carbocycles. The van der Waals surface area contributed by atoms with E-state index in [9.17, 15) is 4.79 Å². The van der Waals surface area contributed by atoms with E-state index in [0.29, 0.717) is 17.1 Å². The maximum Gasteiger partial charge on any atom is 0.340 e. The molecule has 2 rings (SSSR count). The number of imidazole rings is 1. The fraction of sp³-hybridized carbons (Fsp3) is 0.250. The number of hydrogen-bond acceptors (Lipinski definition) is 5. The van der Waals surface area contributed by atoms with Crippen molar-refractivity contribution in [1.82, 2.24) is 14.5 Å². The highest BCUT2D eigenvalue weighted by molar-refractivity contribution is 5.95. The molecule has 18 heavy (non-hydrogen) atoms. The molecule has 2 N–H and O–H groups in total. The molecule has 0 bridgehead atoms. The van der Waals surface area contributed by atoms with E-state index in [4.69, 9.17) is 5.73 Å². The van der Waals surface area contributed by atoms with Crippen molar-refractivity contribution in [2.75, 3.05) is 12.8 Å². The molecule has 2 aromatic rings. The van der Waals surface area contributed by atoms with Gasteiger partial charge in [-0.15, -0.1) is 0 Å². The van der Waals surface area contributed by atoms with Crippen LogP contribution in [0.25, 0.3) is 5.82 Å². The molecule has 0 fully saturated rings. The number of aryl methyl sites for hydroxylation is 1.